The predicted octanol–water partition coefficient (Wildman–Crippen LogP) is 2.07. The molecule has 2 aromatic carbocycles. The van der Waals surface area contributed by atoms with Gasteiger partial charge in [0.1, 0.15) is 17.3 Å². The lowest BCUT2D eigenvalue weighted by atomic mass is 10.2. The molecule has 0 unspecified atom stereocenters. The number of amides is 3. The van der Waals surface area contributed by atoms with Crippen molar-refractivity contribution in [2.24, 2.45) is 5.10 Å². The average molecular weight is 450 g/mol. The van der Waals surface area contributed by atoms with Crippen LogP contribution in [0.2, 0.25) is 0 Å². The van der Waals surface area contributed by atoms with E-state index < -0.39 is 11.8 Å². The van der Waals surface area contributed by atoms with Gasteiger partial charge in [-0.2, -0.15) is 5.10 Å². The number of benzene rings is 2. The summed E-state index contributed by atoms with van der Waals surface area (Å²) in [5.74, 6) is -0.440. The molecule has 0 aliphatic rings. The van der Waals surface area contributed by atoms with Gasteiger partial charge in [-0.15, -0.1) is 0 Å². The summed E-state index contributed by atoms with van der Waals surface area (Å²) >= 11 is 0. The fourth-order valence-electron chi connectivity index (χ4n) is 2.58. The zero-order valence-electron chi connectivity index (χ0n) is 17.7. The summed E-state index contributed by atoms with van der Waals surface area (Å²) in [5, 5.41) is 8.89. The number of nitrogens with one attached hydrogen (secondary N) is 3. The first-order valence-electron chi connectivity index (χ1n) is 9.84. The molecule has 10 nitrogen and oxygen atoms in total. The van der Waals surface area contributed by atoms with E-state index in [1.165, 1.54) is 12.5 Å². The summed E-state index contributed by atoms with van der Waals surface area (Å²) in [6, 6.07) is 17.0. The van der Waals surface area contributed by atoms with E-state index in [9.17, 15) is 14.4 Å². The summed E-state index contributed by atoms with van der Waals surface area (Å²) in [6.45, 7) is -0.104. The molecule has 0 aliphatic carbocycles. The molecular weight excluding hydrogens is 428 g/mol. The second-order valence-corrected chi connectivity index (χ2v) is 6.60. The molecule has 3 rings (SSSR count). The summed E-state index contributed by atoms with van der Waals surface area (Å²) in [7, 11) is 1.56. The molecule has 1 aromatic heterocycles. The third-order valence-electron chi connectivity index (χ3n) is 4.19. The Bertz CT molecular complexity index is 1110. The number of anilines is 1. The number of hydrogen-bond donors (Lipinski definition) is 3. The van der Waals surface area contributed by atoms with E-state index in [0.717, 1.165) is 0 Å². The van der Waals surface area contributed by atoms with Crippen LogP contribution in [0.5, 0.6) is 11.5 Å². The van der Waals surface area contributed by atoms with Crippen LogP contribution >= 0.6 is 0 Å². The molecule has 10 heteroatoms. The highest BCUT2D eigenvalue weighted by Gasteiger charge is 2.12. The first-order chi connectivity index (χ1) is 16.0. The number of rotatable bonds is 9. The molecule has 1 heterocycles. The van der Waals surface area contributed by atoms with Crippen LogP contribution in [0.3, 0.4) is 0 Å². The lowest BCUT2D eigenvalue weighted by molar-refractivity contribution is -0.139. The van der Waals surface area contributed by atoms with Gasteiger partial charge in [0.2, 0.25) is 0 Å². The molecule has 0 saturated carbocycles. The van der Waals surface area contributed by atoms with Crippen molar-refractivity contribution in [3.63, 3.8) is 0 Å². The molecule has 0 atom stereocenters. The second kappa shape index (κ2) is 11.7. The first-order valence-corrected chi connectivity index (χ1v) is 9.84. The summed E-state index contributed by atoms with van der Waals surface area (Å²) < 4.78 is 15.6. The molecular formula is C23H22N4O6. The largest absolute Gasteiger partial charge is 0.497 e. The monoisotopic (exact) mass is 450 g/mol. The maximum Gasteiger partial charge on any atom is 0.329 e. The minimum atomic E-state index is -0.916. The van der Waals surface area contributed by atoms with Gasteiger partial charge in [0.15, 0.2) is 6.61 Å². The second-order valence-electron chi connectivity index (χ2n) is 6.60. The standard InChI is InChI=1S/C23H22N4O6/c1-31-18-9-7-17(8-10-18)26-21(28)15-33-19-5-2-4-16(12-19)13-25-27-23(30)22(29)24-14-20-6-3-11-32-20/h2-13H,14-15H2,1H3,(H,24,29)(H,26,28)(H,27,30)/b25-13-. The Balaban J connectivity index is 1.43. The van der Waals surface area contributed by atoms with Crippen molar-refractivity contribution in [3.05, 3.63) is 78.3 Å². The van der Waals surface area contributed by atoms with Crippen molar-refractivity contribution in [2.75, 3.05) is 19.0 Å². The van der Waals surface area contributed by atoms with Crippen LogP contribution in [0, 0.1) is 0 Å². The zero-order chi connectivity index (χ0) is 23.5. The van der Waals surface area contributed by atoms with Crippen molar-refractivity contribution in [3.8, 4) is 11.5 Å². The number of carbonyl (C=O) groups excluding carboxylic acids is 3. The number of hydrazone groups is 1. The summed E-state index contributed by atoms with van der Waals surface area (Å²) in [6.07, 6.45) is 2.82. The van der Waals surface area contributed by atoms with Gasteiger partial charge < -0.3 is 24.5 Å². The molecule has 3 N–H and O–H groups in total. The summed E-state index contributed by atoms with van der Waals surface area (Å²) in [4.78, 5) is 35.6. The van der Waals surface area contributed by atoms with Crippen molar-refractivity contribution < 1.29 is 28.3 Å². The third kappa shape index (κ3) is 7.55. The molecule has 0 spiro atoms. The predicted molar refractivity (Wildman–Crippen MR) is 120 cm³/mol. The lowest BCUT2D eigenvalue weighted by Gasteiger charge is -2.08. The molecule has 0 radical (unpaired) electrons. The summed E-state index contributed by atoms with van der Waals surface area (Å²) in [5.41, 5.74) is 3.36. The molecule has 0 fully saturated rings. The molecule has 33 heavy (non-hydrogen) atoms. The van der Waals surface area contributed by atoms with Crippen LogP contribution < -0.4 is 25.5 Å². The van der Waals surface area contributed by atoms with Crippen LogP contribution in [0.4, 0.5) is 5.69 Å². The number of nitrogens with zero attached hydrogens (tertiary/aromatic N) is 1. The smallest absolute Gasteiger partial charge is 0.329 e. The molecule has 0 bridgehead atoms. The van der Waals surface area contributed by atoms with E-state index in [0.29, 0.717) is 28.5 Å². The lowest BCUT2D eigenvalue weighted by Crippen LogP contribution is -2.37. The van der Waals surface area contributed by atoms with Gasteiger partial charge in [0, 0.05) is 5.69 Å². The molecule has 3 aromatic rings. The SMILES string of the molecule is COc1ccc(NC(=O)COc2cccc(/C=N\NC(=O)C(=O)NCc3ccco3)c2)cc1. The Labute approximate surface area is 189 Å². The van der Waals surface area contributed by atoms with Crippen LogP contribution in [0.25, 0.3) is 0 Å². The molecule has 170 valence electrons. The van der Waals surface area contributed by atoms with E-state index in [-0.39, 0.29) is 19.1 Å². The molecule has 3 amide bonds. The number of furan rings is 1. The number of carbonyl (C=O) groups is 3. The normalized spacial score (nSPS) is 10.5. The third-order valence-corrected chi connectivity index (χ3v) is 4.19. The average Bonchev–Trinajstić information content (AvgIpc) is 3.36. The van der Waals surface area contributed by atoms with E-state index in [1.54, 1.807) is 67.8 Å². The Morgan fingerprint density at radius 2 is 1.82 bits per heavy atom. The van der Waals surface area contributed by atoms with Crippen molar-refractivity contribution in [1.82, 2.24) is 10.7 Å². The zero-order valence-corrected chi connectivity index (χ0v) is 17.7. The van der Waals surface area contributed by atoms with Gasteiger partial charge in [-0.25, -0.2) is 5.43 Å². The van der Waals surface area contributed by atoms with Gasteiger partial charge in [-0.3, -0.25) is 14.4 Å². The minimum Gasteiger partial charge on any atom is -0.497 e. The highest BCUT2D eigenvalue weighted by molar-refractivity contribution is 6.35. The molecule has 0 aliphatic heterocycles. The Morgan fingerprint density at radius 1 is 1.00 bits per heavy atom. The fraction of sp³-hybridized carbons (Fsp3) is 0.130. The van der Waals surface area contributed by atoms with Crippen molar-refractivity contribution in [2.45, 2.75) is 6.54 Å². The van der Waals surface area contributed by atoms with Crippen LogP contribution in [-0.2, 0) is 20.9 Å². The van der Waals surface area contributed by atoms with Crippen LogP contribution in [-0.4, -0.2) is 37.7 Å². The van der Waals surface area contributed by atoms with Crippen LogP contribution in [0.1, 0.15) is 11.3 Å². The van der Waals surface area contributed by atoms with E-state index in [2.05, 4.69) is 21.2 Å². The number of ether oxygens (including phenoxy) is 2. The quantitative estimate of drug-likeness (QED) is 0.260. The van der Waals surface area contributed by atoms with Crippen molar-refractivity contribution in [1.29, 1.82) is 0 Å². The van der Waals surface area contributed by atoms with Gasteiger partial charge in [0.05, 0.1) is 26.1 Å². The highest BCUT2D eigenvalue weighted by Crippen LogP contribution is 2.15. The maximum absolute atomic E-state index is 12.1. The maximum atomic E-state index is 12.1. The van der Waals surface area contributed by atoms with Gasteiger partial charge in [0.25, 0.3) is 5.91 Å². The highest BCUT2D eigenvalue weighted by atomic mass is 16.5. The van der Waals surface area contributed by atoms with Gasteiger partial charge in [-0.1, -0.05) is 12.1 Å². The molecule has 0 saturated heterocycles. The van der Waals surface area contributed by atoms with Crippen LogP contribution in [0.15, 0.2) is 76.4 Å². The number of hydrogen-bond acceptors (Lipinski definition) is 7. The number of methoxy groups -OCH3 is 1. The fourth-order valence-corrected chi connectivity index (χ4v) is 2.58. The first kappa shape index (κ1) is 23.1. The Hall–Kier alpha value is -4.60. The topological polar surface area (TPSA) is 131 Å². The van der Waals surface area contributed by atoms with E-state index >= 15 is 0 Å². The Kier molecular flexibility index (Phi) is 8.18. The van der Waals surface area contributed by atoms with Gasteiger partial charge in [-0.05, 0) is 54.1 Å². The van der Waals surface area contributed by atoms with Gasteiger partial charge >= 0.3 is 11.8 Å². The minimum absolute atomic E-state index is 0.0917. The Morgan fingerprint density at radius 3 is 2.55 bits per heavy atom. The van der Waals surface area contributed by atoms with E-state index in [1.807, 2.05) is 0 Å². The van der Waals surface area contributed by atoms with E-state index in [4.69, 9.17) is 13.9 Å². The van der Waals surface area contributed by atoms with Crippen molar-refractivity contribution >= 4 is 29.6 Å².